The molecule has 116 valence electrons. The summed E-state index contributed by atoms with van der Waals surface area (Å²) >= 11 is 5.93. The van der Waals surface area contributed by atoms with E-state index in [0.29, 0.717) is 0 Å². The van der Waals surface area contributed by atoms with Crippen LogP contribution in [0.25, 0.3) is 0 Å². The normalized spacial score (nSPS) is 14.6. The first-order valence-electron chi connectivity index (χ1n) is 7.22. The summed E-state index contributed by atoms with van der Waals surface area (Å²) in [5.41, 5.74) is 1.96. The Kier molecular flexibility index (Phi) is 6.10. The maximum atomic E-state index is 5.93. The summed E-state index contributed by atoms with van der Waals surface area (Å²) in [6.45, 7) is 2.10. The molecule has 1 aliphatic heterocycles. The van der Waals surface area contributed by atoms with Crippen LogP contribution in [-0.2, 0) is 0 Å². The third kappa shape index (κ3) is 4.39. The summed E-state index contributed by atoms with van der Waals surface area (Å²) < 4.78 is 0. The molecule has 0 saturated carbocycles. The zero-order valence-corrected chi connectivity index (χ0v) is 13.8. The van der Waals surface area contributed by atoms with Crippen LogP contribution in [0.5, 0.6) is 0 Å². The maximum Gasteiger partial charge on any atom is 0.203 e. The molecule has 0 radical (unpaired) electrons. The molecule has 1 fully saturated rings. The van der Waals surface area contributed by atoms with E-state index in [1.54, 1.807) is 0 Å². The fourth-order valence-electron chi connectivity index (χ4n) is 2.40. The number of anilines is 1. The van der Waals surface area contributed by atoms with E-state index >= 15 is 0 Å². The van der Waals surface area contributed by atoms with Crippen LogP contribution in [0.4, 0.5) is 11.4 Å². The second-order valence-electron chi connectivity index (χ2n) is 5.10. The quantitative estimate of drug-likeness (QED) is 0.620. The van der Waals surface area contributed by atoms with Crippen LogP contribution in [0, 0.1) is 0 Å². The lowest BCUT2D eigenvalue weighted by Crippen LogP contribution is -2.33. The number of benzene rings is 2. The van der Waals surface area contributed by atoms with E-state index in [4.69, 9.17) is 16.6 Å². The molecule has 2 aromatic rings. The van der Waals surface area contributed by atoms with E-state index in [1.165, 1.54) is 12.8 Å². The summed E-state index contributed by atoms with van der Waals surface area (Å²) in [6.07, 6.45) is 2.44. The Bertz CT molecular complexity index is 606. The van der Waals surface area contributed by atoms with Gasteiger partial charge in [-0.2, -0.15) is 0 Å². The third-order valence-electron chi connectivity index (χ3n) is 3.50. The Morgan fingerprint density at radius 2 is 1.59 bits per heavy atom. The molecule has 3 rings (SSSR count). The lowest BCUT2D eigenvalue weighted by molar-refractivity contribution is 0.518. The van der Waals surface area contributed by atoms with Gasteiger partial charge < -0.3 is 10.2 Å². The molecular weight excluding hydrogens is 317 g/mol. The first-order chi connectivity index (χ1) is 10.3. The van der Waals surface area contributed by atoms with Gasteiger partial charge in [-0.3, -0.25) is 0 Å². The Balaban J connectivity index is 0.00000176. The van der Waals surface area contributed by atoms with Gasteiger partial charge in [0, 0.05) is 23.8 Å². The molecule has 0 amide bonds. The third-order valence-corrected chi connectivity index (χ3v) is 3.75. The van der Waals surface area contributed by atoms with Crippen molar-refractivity contribution in [2.45, 2.75) is 12.8 Å². The van der Waals surface area contributed by atoms with Crippen molar-refractivity contribution in [3.8, 4) is 0 Å². The van der Waals surface area contributed by atoms with Crippen molar-refractivity contribution < 1.29 is 0 Å². The van der Waals surface area contributed by atoms with Crippen molar-refractivity contribution in [1.29, 1.82) is 0 Å². The van der Waals surface area contributed by atoms with Gasteiger partial charge in [0.25, 0.3) is 0 Å². The van der Waals surface area contributed by atoms with Crippen molar-refractivity contribution in [2.75, 3.05) is 18.4 Å². The number of halogens is 2. The summed E-state index contributed by atoms with van der Waals surface area (Å²) in [5.74, 6) is 0.904. The lowest BCUT2D eigenvalue weighted by atomic mass is 10.3. The average Bonchev–Trinajstić information content (AvgIpc) is 3.04. The molecule has 2 aromatic carbocycles. The van der Waals surface area contributed by atoms with Crippen LogP contribution in [0.2, 0.25) is 5.02 Å². The van der Waals surface area contributed by atoms with E-state index in [9.17, 15) is 0 Å². The number of hydrogen-bond donors (Lipinski definition) is 1. The van der Waals surface area contributed by atoms with Crippen LogP contribution < -0.4 is 5.32 Å². The standard InChI is InChI=1S/C17H18ClN3.ClH/c18-14-8-10-16(11-9-14)20-17(21-12-4-5-13-21)19-15-6-2-1-3-7-15;/h1-3,6-11H,4-5,12-13H2,(H,19,20);1H. The van der Waals surface area contributed by atoms with Crippen LogP contribution in [0.1, 0.15) is 12.8 Å². The Labute approximate surface area is 142 Å². The van der Waals surface area contributed by atoms with Gasteiger partial charge in [-0.15, -0.1) is 12.4 Å². The van der Waals surface area contributed by atoms with Crippen molar-refractivity contribution >= 4 is 41.3 Å². The number of aliphatic imine (C=N–C) groups is 1. The SMILES string of the molecule is Cl.Clc1ccc(N=C(Nc2ccccc2)N2CCCC2)cc1. The zero-order chi connectivity index (χ0) is 14.5. The highest BCUT2D eigenvalue weighted by atomic mass is 35.5. The predicted molar refractivity (Wildman–Crippen MR) is 96.7 cm³/mol. The highest BCUT2D eigenvalue weighted by Crippen LogP contribution is 2.19. The Hall–Kier alpha value is -1.71. The molecule has 22 heavy (non-hydrogen) atoms. The molecule has 1 heterocycles. The second-order valence-corrected chi connectivity index (χ2v) is 5.53. The summed E-state index contributed by atoms with van der Waals surface area (Å²) in [7, 11) is 0. The lowest BCUT2D eigenvalue weighted by Gasteiger charge is -2.21. The van der Waals surface area contributed by atoms with Gasteiger partial charge in [-0.1, -0.05) is 29.8 Å². The van der Waals surface area contributed by atoms with Crippen LogP contribution >= 0.6 is 24.0 Å². The van der Waals surface area contributed by atoms with E-state index in [2.05, 4.69) is 10.2 Å². The maximum absolute atomic E-state index is 5.93. The molecule has 0 unspecified atom stereocenters. The Morgan fingerprint density at radius 3 is 2.23 bits per heavy atom. The summed E-state index contributed by atoms with van der Waals surface area (Å²) in [6, 6.07) is 17.8. The molecule has 3 nitrogen and oxygen atoms in total. The number of likely N-dealkylation sites (tertiary alicyclic amines) is 1. The van der Waals surface area contributed by atoms with Gasteiger partial charge in [0.15, 0.2) is 0 Å². The number of nitrogens with one attached hydrogen (secondary N) is 1. The number of para-hydroxylation sites is 1. The largest absolute Gasteiger partial charge is 0.342 e. The monoisotopic (exact) mass is 335 g/mol. The fourth-order valence-corrected chi connectivity index (χ4v) is 2.52. The van der Waals surface area contributed by atoms with Crippen molar-refractivity contribution in [3.05, 3.63) is 59.6 Å². The van der Waals surface area contributed by atoms with Crippen LogP contribution in [0.3, 0.4) is 0 Å². The molecule has 0 atom stereocenters. The van der Waals surface area contributed by atoms with E-state index in [1.807, 2.05) is 54.6 Å². The summed E-state index contributed by atoms with van der Waals surface area (Å²) in [5, 5.41) is 4.16. The van der Waals surface area contributed by atoms with Gasteiger partial charge in [0.2, 0.25) is 5.96 Å². The van der Waals surface area contributed by atoms with Crippen molar-refractivity contribution in [3.63, 3.8) is 0 Å². The minimum atomic E-state index is 0. The van der Waals surface area contributed by atoms with Gasteiger partial charge in [0.1, 0.15) is 0 Å². The molecule has 0 aliphatic carbocycles. The summed E-state index contributed by atoms with van der Waals surface area (Å²) in [4.78, 5) is 7.04. The first-order valence-corrected chi connectivity index (χ1v) is 7.60. The Morgan fingerprint density at radius 1 is 0.955 bits per heavy atom. The van der Waals surface area contributed by atoms with Crippen molar-refractivity contribution in [1.82, 2.24) is 4.90 Å². The fraction of sp³-hybridized carbons (Fsp3) is 0.235. The van der Waals surface area contributed by atoms with Crippen LogP contribution in [-0.4, -0.2) is 23.9 Å². The molecule has 0 spiro atoms. The molecule has 1 saturated heterocycles. The predicted octanol–water partition coefficient (Wildman–Crippen LogP) is 4.96. The smallest absolute Gasteiger partial charge is 0.203 e. The topological polar surface area (TPSA) is 27.6 Å². The van der Waals surface area contributed by atoms with Gasteiger partial charge in [-0.25, -0.2) is 4.99 Å². The minimum Gasteiger partial charge on any atom is -0.342 e. The highest BCUT2D eigenvalue weighted by Gasteiger charge is 2.16. The van der Waals surface area contributed by atoms with E-state index < -0.39 is 0 Å². The minimum absolute atomic E-state index is 0. The number of guanidine groups is 1. The zero-order valence-electron chi connectivity index (χ0n) is 12.2. The van der Waals surface area contributed by atoms with Crippen molar-refractivity contribution in [2.24, 2.45) is 4.99 Å². The number of nitrogens with zero attached hydrogens (tertiary/aromatic N) is 2. The van der Waals surface area contributed by atoms with Gasteiger partial charge in [-0.05, 0) is 49.2 Å². The number of hydrogen-bond acceptors (Lipinski definition) is 1. The molecule has 0 aromatic heterocycles. The molecular formula is C17H19Cl2N3. The molecule has 1 aliphatic rings. The molecule has 5 heteroatoms. The van der Waals surface area contributed by atoms with Gasteiger partial charge >= 0.3 is 0 Å². The van der Waals surface area contributed by atoms with E-state index in [-0.39, 0.29) is 12.4 Å². The van der Waals surface area contributed by atoms with Crippen LogP contribution in [0.15, 0.2) is 59.6 Å². The van der Waals surface area contributed by atoms with E-state index in [0.717, 1.165) is 35.4 Å². The average molecular weight is 336 g/mol. The number of rotatable bonds is 2. The molecule has 0 bridgehead atoms. The highest BCUT2D eigenvalue weighted by molar-refractivity contribution is 6.30. The van der Waals surface area contributed by atoms with Gasteiger partial charge in [0.05, 0.1) is 5.69 Å². The second kappa shape index (κ2) is 8.06. The molecule has 1 N–H and O–H groups in total. The first kappa shape index (κ1) is 16.7.